The van der Waals surface area contributed by atoms with Gasteiger partial charge in [0.05, 0.1) is 10.8 Å². The summed E-state index contributed by atoms with van der Waals surface area (Å²) in [5.74, 6) is -4.02. The number of hydrogen-bond donors (Lipinski definition) is 0. The van der Waals surface area contributed by atoms with Crippen molar-refractivity contribution in [1.82, 2.24) is 0 Å². The number of benzene rings is 4. The molecule has 7 rings (SSSR count). The number of Topliss-reactive ketones (excluding diaryl/α,β-unsaturated/α-hetero) is 4. The minimum Gasteiger partial charge on any atom is -0.348 e. The van der Waals surface area contributed by atoms with Crippen LogP contribution in [-0.2, 0) is 4.74 Å². The normalized spacial score (nSPS) is 21.5. The van der Waals surface area contributed by atoms with Gasteiger partial charge < -0.3 is 4.74 Å². The Kier molecular flexibility index (Phi) is 5.14. The average molecular weight is 544 g/mol. The van der Waals surface area contributed by atoms with Crippen LogP contribution in [0, 0.1) is 22.5 Å². The molecule has 0 aromatic heterocycles. The van der Waals surface area contributed by atoms with E-state index in [1.807, 2.05) is 6.92 Å². The second-order valence-corrected chi connectivity index (χ2v) is 10.7. The van der Waals surface area contributed by atoms with E-state index < -0.39 is 51.1 Å². The van der Waals surface area contributed by atoms with Crippen LogP contribution < -0.4 is 0 Å². The van der Waals surface area contributed by atoms with E-state index in [1.54, 1.807) is 60.7 Å². The molecule has 3 aliphatic rings. The fourth-order valence-corrected chi connectivity index (χ4v) is 6.89. The van der Waals surface area contributed by atoms with Crippen molar-refractivity contribution in [3.05, 3.63) is 146 Å². The van der Waals surface area contributed by atoms with Gasteiger partial charge in [0.15, 0.2) is 11.6 Å². The molecule has 41 heavy (non-hydrogen) atoms. The van der Waals surface area contributed by atoms with E-state index in [0.717, 1.165) is 5.56 Å². The zero-order valence-corrected chi connectivity index (χ0v) is 21.7. The smallest absolute Gasteiger partial charge is 0.269 e. The monoisotopic (exact) mass is 543 g/mol. The molecule has 0 amide bonds. The van der Waals surface area contributed by atoms with Gasteiger partial charge in [0, 0.05) is 34.4 Å². The second kappa shape index (κ2) is 8.46. The number of rotatable bonds is 3. The number of carbonyl (C=O) groups is 4. The van der Waals surface area contributed by atoms with Crippen LogP contribution in [0.1, 0.15) is 70.1 Å². The molecule has 2 spiro atoms. The molecule has 0 radical (unpaired) electrons. The number of nitro groups is 1. The molecule has 0 N–H and O–H groups in total. The molecule has 0 saturated carbocycles. The summed E-state index contributed by atoms with van der Waals surface area (Å²) in [6, 6.07) is 25.1. The molecule has 2 atom stereocenters. The summed E-state index contributed by atoms with van der Waals surface area (Å²) in [4.78, 5) is 69.3. The van der Waals surface area contributed by atoms with E-state index in [1.165, 1.54) is 36.4 Å². The lowest BCUT2D eigenvalue weighted by Gasteiger charge is -2.34. The third-order valence-electron chi connectivity index (χ3n) is 8.63. The molecular weight excluding hydrogens is 522 g/mol. The van der Waals surface area contributed by atoms with Crippen LogP contribution >= 0.6 is 0 Å². The van der Waals surface area contributed by atoms with E-state index in [4.69, 9.17) is 4.74 Å². The van der Waals surface area contributed by atoms with Gasteiger partial charge in [-0.15, -0.1) is 0 Å². The first-order valence-corrected chi connectivity index (χ1v) is 13.1. The summed E-state index contributed by atoms with van der Waals surface area (Å²) < 4.78 is 6.61. The highest BCUT2D eigenvalue weighted by atomic mass is 16.6. The van der Waals surface area contributed by atoms with E-state index in [9.17, 15) is 29.3 Å². The van der Waals surface area contributed by atoms with E-state index in [2.05, 4.69) is 0 Å². The molecule has 1 fully saturated rings. The van der Waals surface area contributed by atoms with Crippen LogP contribution in [0.2, 0.25) is 0 Å². The predicted octanol–water partition coefficient (Wildman–Crippen LogP) is 5.64. The van der Waals surface area contributed by atoms with Gasteiger partial charge in [0.25, 0.3) is 5.69 Å². The summed E-state index contributed by atoms with van der Waals surface area (Å²) in [6.07, 6.45) is -1.33. The predicted molar refractivity (Wildman–Crippen MR) is 146 cm³/mol. The number of nitro benzene ring substituents is 1. The summed E-state index contributed by atoms with van der Waals surface area (Å²) in [6.45, 7) is 1.88. The number of ketones is 4. The van der Waals surface area contributed by atoms with E-state index >= 15 is 0 Å². The lowest BCUT2D eigenvalue weighted by molar-refractivity contribution is -0.384. The molecule has 0 bridgehead atoms. The van der Waals surface area contributed by atoms with Crippen LogP contribution in [0.4, 0.5) is 5.69 Å². The summed E-state index contributed by atoms with van der Waals surface area (Å²) in [5.41, 5.74) is -2.68. The van der Waals surface area contributed by atoms with Gasteiger partial charge in [0.1, 0.15) is 11.5 Å². The summed E-state index contributed by atoms with van der Waals surface area (Å²) in [5, 5.41) is 11.8. The van der Waals surface area contributed by atoms with Gasteiger partial charge in [-0.2, -0.15) is 0 Å². The maximum absolute atomic E-state index is 14.7. The second-order valence-electron chi connectivity index (χ2n) is 10.7. The molecule has 4 aromatic rings. The van der Waals surface area contributed by atoms with Crippen molar-refractivity contribution in [1.29, 1.82) is 0 Å². The Hall–Kier alpha value is -5.08. The molecule has 1 heterocycles. The molecule has 4 aromatic carbocycles. The van der Waals surface area contributed by atoms with Gasteiger partial charge in [-0.1, -0.05) is 90.5 Å². The Morgan fingerprint density at radius 1 is 0.659 bits per heavy atom. The molecule has 8 nitrogen and oxygen atoms in total. The molecule has 2 aliphatic carbocycles. The highest BCUT2D eigenvalue weighted by Gasteiger charge is 2.79. The fourth-order valence-electron chi connectivity index (χ4n) is 6.89. The van der Waals surface area contributed by atoms with Crippen molar-refractivity contribution in [2.75, 3.05) is 0 Å². The lowest BCUT2D eigenvalue weighted by atomic mass is 9.60. The Labute approximate surface area is 233 Å². The summed E-state index contributed by atoms with van der Waals surface area (Å²) >= 11 is 0. The quantitative estimate of drug-likeness (QED) is 0.186. The zero-order chi connectivity index (χ0) is 28.7. The summed E-state index contributed by atoms with van der Waals surface area (Å²) in [7, 11) is 0. The van der Waals surface area contributed by atoms with Crippen LogP contribution in [0.15, 0.2) is 97.1 Å². The lowest BCUT2D eigenvalue weighted by Crippen LogP contribution is -2.51. The first-order chi connectivity index (χ1) is 19.7. The molecule has 0 unspecified atom stereocenters. The Balaban J connectivity index is 1.60. The van der Waals surface area contributed by atoms with Gasteiger partial charge >= 0.3 is 0 Å². The molecule has 200 valence electrons. The number of hydrogen-bond acceptors (Lipinski definition) is 7. The van der Waals surface area contributed by atoms with Gasteiger partial charge in [-0.25, -0.2) is 0 Å². The van der Waals surface area contributed by atoms with Gasteiger partial charge in [-0.3, -0.25) is 29.3 Å². The van der Waals surface area contributed by atoms with Crippen molar-refractivity contribution in [3.8, 4) is 0 Å². The first-order valence-electron chi connectivity index (χ1n) is 13.1. The minimum absolute atomic E-state index is 0.114. The fraction of sp³-hybridized carbons (Fsp3) is 0.152. The van der Waals surface area contributed by atoms with Crippen LogP contribution in [0.3, 0.4) is 0 Å². The van der Waals surface area contributed by atoms with Crippen molar-refractivity contribution in [2.45, 2.75) is 24.5 Å². The van der Waals surface area contributed by atoms with Crippen molar-refractivity contribution >= 4 is 28.8 Å². The number of carbonyl (C=O) groups excluding carboxylic acids is 4. The number of ether oxygens (including phenoxy) is 1. The highest BCUT2D eigenvalue weighted by Crippen LogP contribution is 2.68. The highest BCUT2D eigenvalue weighted by molar-refractivity contribution is 6.37. The maximum atomic E-state index is 14.7. The van der Waals surface area contributed by atoms with Crippen molar-refractivity contribution in [2.24, 2.45) is 5.41 Å². The van der Waals surface area contributed by atoms with Crippen LogP contribution in [0.25, 0.3) is 0 Å². The standard InChI is InChI=1S/C33H21NO7/c1-18-13-15-19(16-14-18)31-32(27(35)22-9-2-3-10-23(22)28(32)36)26(20-7-6-8-21(17-20)34(39)40)33(41-31)29(37)24-11-4-5-12-25(24)30(33)38/h2-17,26,31H,1H3/t26-,31+/m0/s1. The van der Waals surface area contributed by atoms with Gasteiger partial charge in [0.2, 0.25) is 17.2 Å². The number of fused-ring (bicyclic) bond motifs is 2. The molecule has 1 saturated heterocycles. The molecule has 8 heteroatoms. The SMILES string of the molecule is Cc1ccc([C@H]2OC3(C(=O)c4ccccc4C3=O)[C@@H](c3cccc([N+](=O)[O-])c3)C23C(=O)c2ccccc2C3=O)cc1. The van der Waals surface area contributed by atoms with Crippen LogP contribution in [-0.4, -0.2) is 33.7 Å². The van der Waals surface area contributed by atoms with Crippen LogP contribution in [0.5, 0.6) is 0 Å². The van der Waals surface area contributed by atoms with Crippen molar-refractivity contribution < 1.29 is 28.8 Å². The van der Waals surface area contributed by atoms with E-state index in [-0.39, 0.29) is 33.5 Å². The zero-order valence-electron chi connectivity index (χ0n) is 21.7. The third kappa shape index (κ3) is 3.02. The molecular formula is C33H21NO7. The first kappa shape index (κ1) is 24.9. The topological polar surface area (TPSA) is 121 Å². The van der Waals surface area contributed by atoms with E-state index in [0.29, 0.717) is 5.56 Å². The number of aryl methyl sites for hydroxylation is 1. The third-order valence-corrected chi connectivity index (χ3v) is 8.63. The average Bonchev–Trinajstić information content (AvgIpc) is 3.51. The largest absolute Gasteiger partial charge is 0.348 e. The van der Waals surface area contributed by atoms with Gasteiger partial charge in [-0.05, 0) is 18.1 Å². The Morgan fingerprint density at radius 3 is 1.68 bits per heavy atom. The maximum Gasteiger partial charge on any atom is 0.269 e. The number of non-ortho nitro benzene ring substituents is 1. The minimum atomic E-state index is -2.30. The van der Waals surface area contributed by atoms with Crippen molar-refractivity contribution in [3.63, 3.8) is 0 Å². The Morgan fingerprint density at radius 2 is 1.17 bits per heavy atom. The Bertz CT molecular complexity index is 1790. The molecule has 1 aliphatic heterocycles. The number of nitrogens with zero attached hydrogens (tertiary/aromatic N) is 1.